The molecule has 4 heteroatoms. The van der Waals surface area contributed by atoms with Crippen LogP contribution in [0.5, 0.6) is 0 Å². The van der Waals surface area contributed by atoms with E-state index >= 15 is 0 Å². The average Bonchev–Trinajstić information content (AvgIpc) is 1.80. The molecule has 1 unspecified atom stereocenters. The second-order valence-electron chi connectivity index (χ2n) is 2.28. The summed E-state index contributed by atoms with van der Waals surface area (Å²) in [5.41, 5.74) is 5.33. The second kappa shape index (κ2) is 2.62. The molecule has 0 saturated carbocycles. The van der Waals surface area contributed by atoms with Gasteiger partial charge >= 0.3 is 0 Å². The Labute approximate surface area is 53.2 Å². The SMILES string of the molecule is N[C@@H]1C[C@H](O)COC1O. The molecule has 0 aromatic rings. The van der Waals surface area contributed by atoms with Gasteiger partial charge in [-0.2, -0.15) is 0 Å². The summed E-state index contributed by atoms with van der Waals surface area (Å²) in [5, 5.41) is 17.7. The Morgan fingerprint density at radius 3 is 2.56 bits per heavy atom. The van der Waals surface area contributed by atoms with Crippen LogP contribution in [-0.4, -0.2) is 35.3 Å². The van der Waals surface area contributed by atoms with Crippen molar-refractivity contribution in [1.82, 2.24) is 0 Å². The van der Waals surface area contributed by atoms with Crippen LogP contribution in [-0.2, 0) is 4.74 Å². The highest BCUT2D eigenvalue weighted by molar-refractivity contribution is 4.74. The summed E-state index contributed by atoms with van der Waals surface area (Å²) >= 11 is 0. The van der Waals surface area contributed by atoms with Crippen LogP contribution in [0.25, 0.3) is 0 Å². The van der Waals surface area contributed by atoms with E-state index < -0.39 is 18.4 Å². The summed E-state index contributed by atoms with van der Waals surface area (Å²) in [6.45, 7) is 0.189. The van der Waals surface area contributed by atoms with Gasteiger partial charge in [0.2, 0.25) is 0 Å². The fourth-order valence-corrected chi connectivity index (χ4v) is 0.832. The lowest BCUT2D eigenvalue weighted by Gasteiger charge is -2.27. The van der Waals surface area contributed by atoms with Crippen LogP contribution in [0.3, 0.4) is 0 Å². The normalized spacial score (nSPS) is 45.0. The monoisotopic (exact) mass is 133 g/mol. The molecule has 0 aromatic heterocycles. The molecule has 0 bridgehead atoms. The molecule has 4 nitrogen and oxygen atoms in total. The number of ether oxygens (including phenoxy) is 1. The quantitative estimate of drug-likeness (QED) is 0.372. The van der Waals surface area contributed by atoms with Gasteiger partial charge in [0.05, 0.1) is 18.8 Å². The molecular weight excluding hydrogens is 122 g/mol. The van der Waals surface area contributed by atoms with Gasteiger partial charge in [-0.15, -0.1) is 0 Å². The fourth-order valence-electron chi connectivity index (χ4n) is 0.832. The maximum atomic E-state index is 8.88. The summed E-state index contributed by atoms with van der Waals surface area (Å²) in [4.78, 5) is 0. The van der Waals surface area contributed by atoms with E-state index in [-0.39, 0.29) is 6.61 Å². The number of aliphatic hydroxyl groups excluding tert-OH is 2. The topological polar surface area (TPSA) is 75.7 Å². The van der Waals surface area contributed by atoms with Gasteiger partial charge in [0, 0.05) is 0 Å². The van der Waals surface area contributed by atoms with Crippen molar-refractivity contribution in [3.8, 4) is 0 Å². The van der Waals surface area contributed by atoms with Crippen molar-refractivity contribution in [2.75, 3.05) is 6.61 Å². The maximum absolute atomic E-state index is 8.88. The van der Waals surface area contributed by atoms with E-state index in [0.717, 1.165) is 0 Å². The first-order valence-electron chi connectivity index (χ1n) is 2.93. The van der Waals surface area contributed by atoms with Crippen LogP contribution in [0.2, 0.25) is 0 Å². The van der Waals surface area contributed by atoms with Crippen LogP contribution in [0.1, 0.15) is 6.42 Å². The highest BCUT2D eigenvalue weighted by Gasteiger charge is 2.25. The number of hydrogen-bond donors (Lipinski definition) is 3. The molecule has 1 aliphatic heterocycles. The summed E-state index contributed by atoms with van der Waals surface area (Å²) in [5.74, 6) is 0. The number of aliphatic hydroxyl groups is 2. The summed E-state index contributed by atoms with van der Waals surface area (Å²) in [7, 11) is 0. The zero-order valence-corrected chi connectivity index (χ0v) is 5.03. The number of hydrogen-bond acceptors (Lipinski definition) is 4. The molecule has 1 aliphatic rings. The van der Waals surface area contributed by atoms with Crippen LogP contribution in [0.15, 0.2) is 0 Å². The van der Waals surface area contributed by atoms with E-state index in [4.69, 9.17) is 15.9 Å². The van der Waals surface area contributed by atoms with Crippen LogP contribution in [0, 0.1) is 0 Å². The Morgan fingerprint density at radius 2 is 2.11 bits per heavy atom. The molecule has 3 atom stereocenters. The van der Waals surface area contributed by atoms with Crippen molar-refractivity contribution < 1.29 is 14.9 Å². The first kappa shape index (κ1) is 6.95. The van der Waals surface area contributed by atoms with Gasteiger partial charge in [-0.05, 0) is 6.42 Å². The number of rotatable bonds is 0. The summed E-state index contributed by atoms with van der Waals surface area (Å²) < 4.78 is 4.68. The van der Waals surface area contributed by atoms with Crippen LogP contribution in [0.4, 0.5) is 0 Å². The van der Waals surface area contributed by atoms with Gasteiger partial charge in [-0.25, -0.2) is 0 Å². The summed E-state index contributed by atoms with van der Waals surface area (Å²) in [6, 6.07) is -0.436. The van der Waals surface area contributed by atoms with Gasteiger partial charge in [-0.3, -0.25) is 0 Å². The lowest BCUT2D eigenvalue weighted by Crippen LogP contribution is -2.46. The zero-order valence-electron chi connectivity index (χ0n) is 5.03. The molecule has 9 heavy (non-hydrogen) atoms. The lowest BCUT2D eigenvalue weighted by molar-refractivity contribution is -0.166. The molecule has 0 amide bonds. The van der Waals surface area contributed by atoms with E-state index in [1.165, 1.54) is 0 Å². The Morgan fingerprint density at radius 1 is 1.44 bits per heavy atom. The van der Waals surface area contributed by atoms with E-state index in [1.807, 2.05) is 0 Å². The summed E-state index contributed by atoms with van der Waals surface area (Å²) in [6.07, 6.45) is -0.988. The van der Waals surface area contributed by atoms with Crippen molar-refractivity contribution in [2.24, 2.45) is 5.73 Å². The van der Waals surface area contributed by atoms with E-state index in [0.29, 0.717) is 6.42 Å². The molecule has 1 rings (SSSR count). The van der Waals surface area contributed by atoms with Gasteiger partial charge < -0.3 is 20.7 Å². The second-order valence-corrected chi connectivity index (χ2v) is 2.28. The van der Waals surface area contributed by atoms with E-state index in [2.05, 4.69) is 4.74 Å². The average molecular weight is 133 g/mol. The first-order valence-corrected chi connectivity index (χ1v) is 2.93. The first-order chi connectivity index (χ1) is 4.20. The van der Waals surface area contributed by atoms with Gasteiger partial charge in [0.25, 0.3) is 0 Å². The third-order valence-electron chi connectivity index (χ3n) is 1.37. The third kappa shape index (κ3) is 1.62. The largest absolute Gasteiger partial charge is 0.391 e. The zero-order chi connectivity index (χ0) is 6.85. The third-order valence-corrected chi connectivity index (χ3v) is 1.37. The van der Waals surface area contributed by atoms with Crippen molar-refractivity contribution >= 4 is 0 Å². The Balaban J connectivity index is 2.35. The minimum Gasteiger partial charge on any atom is -0.391 e. The maximum Gasteiger partial charge on any atom is 0.169 e. The van der Waals surface area contributed by atoms with Gasteiger partial charge in [0.15, 0.2) is 6.29 Å². The molecule has 1 fully saturated rings. The molecule has 0 aromatic carbocycles. The fraction of sp³-hybridized carbons (Fsp3) is 1.00. The predicted octanol–water partition coefficient (Wildman–Crippen LogP) is -1.59. The molecule has 4 N–H and O–H groups in total. The van der Waals surface area contributed by atoms with E-state index in [1.54, 1.807) is 0 Å². The molecular formula is C5H11NO3. The molecule has 1 saturated heterocycles. The molecule has 1 heterocycles. The smallest absolute Gasteiger partial charge is 0.169 e. The molecule has 0 radical (unpaired) electrons. The molecule has 0 aliphatic carbocycles. The van der Waals surface area contributed by atoms with E-state index in [9.17, 15) is 0 Å². The standard InChI is InChI=1S/C5H11NO3/c6-4-1-3(7)2-9-5(4)8/h3-5,7-8H,1-2,6H2/t3-,4+,5?/m0/s1. The molecule has 54 valence electrons. The van der Waals surface area contributed by atoms with Gasteiger partial charge in [0.1, 0.15) is 0 Å². The van der Waals surface area contributed by atoms with Crippen LogP contribution < -0.4 is 5.73 Å². The Hall–Kier alpha value is -0.160. The van der Waals surface area contributed by atoms with Crippen molar-refractivity contribution in [3.05, 3.63) is 0 Å². The molecule has 0 spiro atoms. The van der Waals surface area contributed by atoms with Gasteiger partial charge in [-0.1, -0.05) is 0 Å². The lowest BCUT2D eigenvalue weighted by atomic mass is 10.1. The van der Waals surface area contributed by atoms with Crippen molar-refractivity contribution in [3.63, 3.8) is 0 Å². The van der Waals surface area contributed by atoms with Crippen LogP contribution >= 0.6 is 0 Å². The Bertz CT molecular complexity index is 98.2. The highest BCUT2D eigenvalue weighted by Crippen LogP contribution is 2.09. The Kier molecular flexibility index (Phi) is 2.02. The minimum atomic E-state index is -0.895. The van der Waals surface area contributed by atoms with Crippen molar-refractivity contribution in [1.29, 1.82) is 0 Å². The number of nitrogens with two attached hydrogens (primary N) is 1. The predicted molar refractivity (Wildman–Crippen MR) is 30.6 cm³/mol. The van der Waals surface area contributed by atoms with Crippen molar-refractivity contribution in [2.45, 2.75) is 24.9 Å². The highest BCUT2D eigenvalue weighted by atomic mass is 16.6. The minimum absolute atomic E-state index is 0.189.